The zero-order valence-electron chi connectivity index (χ0n) is 8.24. The largest absolute Gasteiger partial charge is 0.261 e. The summed E-state index contributed by atoms with van der Waals surface area (Å²) in [5, 5.41) is 0. The molecule has 0 spiro atoms. The molecule has 1 saturated carbocycles. The van der Waals surface area contributed by atoms with Crippen LogP contribution in [0.1, 0.15) is 44.2 Å². The van der Waals surface area contributed by atoms with Crippen LogP contribution >= 0.6 is 0 Å². The third-order valence-corrected chi connectivity index (χ3v) is 2.92. The van der Waals surface area contributed by atoms with E-state index in [-0.39, 0.29) is 0 Å². The molecule has 70 valence electrons. The van der Waals surface area contributed by atoms with Crippen LogP contribution in [0.15, 0.2) is 24.4 Å². The molecule has 1 heteroatoms. The maximum Gasteiger partial charge on any atom is 0.0437 e. The fraction of sp³-hybridized carbons (Fsp3) is 0.583. The molecule has 0 N–H and O–H groups in total. The van der Waals surface area contributed by atoms with Gasteiger partial charge in [0.1, 0.15) is 0 Å². The number of hydrogen-bond donors (Lipinski definition) is 0. The van der Waals surface area contributed by atoms with Gasteiger partial charge in [0.2, 0.25) is 0 Å². The number of pyridine rings is 1. The summed E-state index contributed by atoms with van der Waals surface area (Å²) in [5.41, 5.74) is 1.31. The zero-order valence-corrected chi connectivity index (χ0v) is 8.24. The number of nitrogens with zero attached hydrogens (tertiary/aromatic N) is 1. The molecule has 1 aromatic heterocycles. The average Bonchev–Trinajstić information content (AvgIpc) is 2.95. The molecule has 1 aliphatic rings. The zero-order chi connectivity index (χ0) is 9.10. The molecule has 2 atom stereocenters. The summed E-state index contributed by atoms with van der Waals surface area (Å²) >= 11 is 0. The molecule has 0 saturated heterocycles. The molecule has 2 rings (SSSR count). The SMILES string of the molecule is CCCC[C@H]1C[C@@H]1c1ccccn1. The standard InChI is InChI=1S/C12H17N/c1-2-3-6-10-9-11(10)12-7-4-5-8-13-12/h4-5,7-8,10-11H,2-3,6,9H2,1H3/t10-,11-/m0/s1. The van der Waals surface area contributed by atoms with Crippen LogP contribution in [0.5, 0.6) is 0 Å². The summed E-state index contributed by atoms with van der Waals surface area (Å²) in [7, 11) is 0. The second kappa shape index (κ2) is 3.91. The smallest absolute Gasteiger partial charge is 0.0437 e. The first kappa shape index (κ1) is 8.74. The fourth-order valence-electron chi connectivity index (χ4n) is 1.99. The van der Waals surface area contributed by atoms with Crippen molar-refractivity contribution >= 4 is 0 Å². The molecule has 0 bridgehead atoms. The minimum absolute atomic E-state index is 0.785. The van der Waals surface area contributed by atoms with Crippen LogP contribution in [-0.2, 0) is 0 Å². The van der Waals surface area contributed by atoms with E-state index in [1.54, 1.807) is 0 Å². The van der Waals surface area contributed by atoms with Crippen LogP contribution in [0, 0.1) is 5.92 Å². The van der Waals surface area contributed by atoms with Crippen LogP contribution in [0.3, 0.4) is 0 Å². The van der Waals surface area contributed by atoms with Gasteiger partial charge in [-0.15, -0.1) is 0 Å². The molecule has 0 amide bonds. The summed E-state index contributed by atoms with van der Waals surface area (Å²) in [6.07, 6.45) is 7.39. The van der Waals surface area contributed by atoms with Gasteiger partial charge in [0.15, 0.2) is 0 Å². The molecule has 1 nitrogen and oxygen atoms in total. The topological polar surface area (TPSA) is 12.9 Å². The van der Waals surface area contributed by atoms with E-state index in [0.29, 0.717) is 0 Å². The Hall–Kier alpha value is -0.850. The Balaban J connectivity index is 1.86. The van der Waals surface area contributed by atoms with Crippen molar-refractivity contribution in [3.63, 3.8) is 0 Å². The van der Waals surface area contributed by atoms with Crippen LogP contribution in [0.2, 0.25) is 0 Å². The van der Waals surface area contributed by atoms with Crippen molar-refractivity contribution in [2.24, 2.45) is 5.92 Å². The van der Waals surface area contributed by atoms with Crippen molar-refractivity contribution < 1.29 is 0 Å². The van der Waals surface area contributed by atoms with Gasteiger partial charge >= 0.3 is 0 Å². The predicted molar refractivity (Wildman–Crippen MR) is 54.6 cm³/mol. The third kappa shape index (κ3) is 2.09. The maximum absolute atomic E-state index is 4.40. The van der Waals surface area contributed by atoms with Crippen LogP contribution < -0.4 is 0 Å². The third-order valence-electron chi connectivity index (χ3n) is 2.92. The van der Waals surface area contributed by atoms with Gasteiger partial charge < -0.3 is 0 Å². The second-order valence-electron chi connectivity index (χ2n) is 4.00. The van der Waals surface area contributed by atoms with Gasteiger partial charge in [-0.1, -0.05) is 25.8 Å². The van der Waals surface area contributed by atoms with Crippen molar-refractivity contribution in [2.75, 3.05) is 0 Å². The lowest BCUT2D eigenvalue weighted by Crippen LogP contribution is -1.87. The number of unbranched alkanes of at least 4 members (excludes halogenated alkanes) is 1. The van der Waals surface area contributed by atoms with Crippen molar-refractivity contribution in [1.29, 1.82) is 0 Å². The highest BCUT2D eigenvalue weighted by molar-refractivity contribution is 5.17. The van der Waals surface area contributed by atoms with E-state index in [1.165, 1.54) is 31.4 Å². The Morgan fingerprint density at radius 2 is 2.38 bits per heavy atom. The molecular weight excluding hydrogens is 158 g/mol. The quantitative estimate of drug-likeness (QED) is 0.683. The summed E-state index contributed by atoms with van der Waals surface area (Å²) < 4.78 is 0. The Bertz CT molecular complexity index is 255. The first-order chi connectivity index (χ1) is 6.42. The minimum Gasteiger partial charge on any atom is -0.261 e. The highest BCUT2D eigenvalue weighted by Gasteiger charge is 2.38. The average molecular weight is 175 g/mol. The normalized spacial score (nSPS) is 25.9. The number of rotatable bonds is 4. The van der Waals surface area contributed by atoms with Crippen LogP contribution in [0.4, 0.5) is 0 Å². The van der Waals surface area contributed by atoms with E-state index in [4.69, 9.17) is 0 Å². The Labute approximate surface area is 80.2 Å². The molecule has 1 aromatic rings. The van der Waals surface area contributed by atoms with Crippen molar-refractivity contribution in [3.8, 4) is 0 Å². The first-order valence-corrected chi connectivity index (χ1v) is 5.32. The number of hydrogen-bond acceptors (Lipinski definition) is 1. The van der Waals surface area contributed by atoms with Gasteiger partial charge in [-0.25, -0.2) is 0 Å². The van der Waals surface area contributed by atoms with Crippen LogP contribution in [0.25, 0.3) is 0 Å². The molecule has 0 radical (unpaired) electrons. The molecule has 13 heavy (non-hydrogen) atoms. The van der Waals surface area contributed by atoms with Crippen molar-refractivity contribution in [3.05, 3.63) is 30.1 Å². The van der Waals surface area contributed by atoms with E-state index in [2.05, 4.69) is 24.0 Å². The van der Waals surface area contributed by atoms with Gasteiger partial charge in [0.05, 0.1) is 0 Å². The van der Waals surface area contributed by atoms with Crippen molar-refractivity contribution in [2.45, 2.75) is 38.5 Å². The second-order valence-corrected chi connectivity index (χ2v) is 4.00. The first-order valence-electron chi connectivity index (χ1n) is 5.32. The minimum atomic E-state index is 0.785. The Kier molecular flexibility index (Phi) is 2.62. The highest BCUT2D eigenvalue weighted by Crippen LogP contribution is 2.49. The van der Waals surface area contributed by atoms with Gasteiger partial charge in [-0.05, 0) is 30.9 Å². The van der Waals surface area contributed by atoms with E-state index < -0.39 is 0 Å². The molecule has 0 aromatic carbocycles. The predicted octanol–water partition coefficient (Wildman–Crippen LogP) is 3.38. The van der Waals surface area contributed by atoms with Crippen LogP contribution in [-0.4, -0.2) is 4.98 Å². The molecule has 0 aliphatic heterocycles. The van der Waals surface area contributed by atoms with E-state index in [1.807, 2.05) is 12.3 Å². The lowest BCUT2D eigenvalue weighted by molar-refractivity contribution is 0.637. The van der Waals surface area contributed by atoms with Gasteiger partial charge in [0, 0.05) is 17.8 Å². The van der Waals surface area contributed by atoms with Gasteiger partial charge in [-0.2, -0.15) is 0 Å². The van der Waals surface area contributed by atoms with Gasteiger partial charge in [0.25, 0.3) is 0 Å². The molecule has 1 aliphatic carbocycles. The lowest BCUT2D eigenvalue weighted by Gasteiger charge is -1.98. The van der Waals surface area contributed by atoms with Crippen molar-refractivity contribution in [1.82, 2.24) is 4.98 Å². The lowest BCUT2D eigenvalue weighted by atomic mass is 10.1. The summed E-state index contributed by atoms with van der Waals surface area (Å²) in [6.45, 7) is 2.26. The summed E-state index contributed by atoms with van der Waals surface area (Å²) in [5.74, 6) is 1.72. The Morgan fingerprint density at radius 1 is 1.46 bits per heavy atom. The highest BCUT2D eigenvalue weighted by atomic mass is 14.7. The van der Waals surface area contributed by atoms with E-state index >= 15 is 0 Å². The van der Waals surface area contributed by atoms with E-state index in [0.717, 1.165) is 11.8 Å². The molecule has 1 fully saturated rings. The molecule has 1 heterocycles. The summed E-state index contributed by atoms with van der Waals surface area (Å²) in [6, 6.07) is 6.25. The van der Waals surface area contributed by atoms with E-state index in [9.17, 15) is 0 Å². The monoisotopic (exact) mass is 175 g/mol. The van der Waals surface area contributed by atoms with Gasteiger partial charge in [-0.3, -0.25) is 4.98 Å². The molecular formula is C12H17N. The molecule has 0 unspecified atom stereocenters. The maximum atomic E-state index is 4.40. The number of aromatic nitrogens is 1. The summed E-state index contributed by atoms with van der Waals surface area (Å²) in [4.78, 5) is 4.40. The Morgan fingerprint density at radius 3 is 3.08 bits per heavy atom. The fourth-order valence-corrected chi connectivity index (χ4v) is 1.99.